The number of benzene rings is 1. The Labute approximate surface area is 133 Å². The fourth-order valence-electron chi connectivity index (χ4n) is 2.37. The van der Waals surface area contributed by atoms with Gasteiger partial charge in [0.1, 0.15) is 5.82 Å². The van der Waals surface area contributed by atoms with Gasteiger partial charge in [0.15, 0.2) is 0 Å². The van der Waals surface area contributed by atoms with Gasteiger partial charge in [0.2, 0.25) is 0 Å². The molecule has 4 rings (SSSR count). The highest BCUT2D eigenvalue weighted by Gasteiger charge is 2.25. The molecular weight excluding hydrogens is 346 g/mol. The summed E-state index contributed by atoms with van der Waals surface area (Å²) in [6.45, 7) is 0. The second-order valence-corrected chi connectivity index (χ2v) is 5.79. The number of amides is 1. The van der Waals surface area contributed by atoms with Crippen LogP contribution in [0.1, 0.15) is 5.56 Å². The molecule has 3 N–H and O–H groups in total. The maximum atomic E-state index is 12.0. The second kappa shape index (κ2) is 4.96. The Morgan fingerprint density at radius 3 is 3.05 bits per heavy atom. The van der Waals surface area contributed by atoms with Crippen molar-refractivity contribution in [1.82, 2.24) is 15.2 Å². The Bertz CT molecular complexity index is 931. The monoisotopic (exact) mass is 355 g/mol. The van der Waals surface area contributed by atoms with E-state index in [2.05, 4.69) is 41.7 Å². The molecule has 7 heteroatoms. The smallest absolute Gasteiger partial charge is 0.259 e. The third kappa shape index (κ3) is 2.15. The number of hydrogen-bond donors (Lipinski definition) is 3. The third-order valence-electron chi connectivity index (χ3n) is 3.45. The van der Waals surface area contributed by atoms with Crippen LogP contribution in [0.3, 0.4) is 0 Å². The number of aromatic nitrogens is 3. The van der Waals surface area contributed by atoms with Crippen LogP contribution in [-0.2, 0) is 4.79 Å². The maximum absolute atomic E-state index is 12.0. The SMILES string of the molecule is O=C1Nc2ncc(Br)cc2C1=CNc1ccc2cn[nH]c2c1. The minimum Gasteiger partial charge on any atom is -0.361 e. The summed E-state index contributed by atoms with van der Waals surface area (Å²) in [5.41, 5.74) is 3.13. The van der Waals surface area contributed by atoms with Gasteiger partial charge in [0, 0.05) is 33.5 Å². The van der Waals surface area contributed by atoms with Gasteiger partial charge in [-0.15, -0.1) is 0 Å². The minimum atomic E-state index is -0.171. The zero-order chi connectivity index (χ0) is 15.1. The molecule has 1 aromatic carbocycles. The number of anilines is 2. The molecule has 22 heavy (non-hydrogen) atoms. The molecule has 1 aliphatic heterocycles. The Balaban J connectivity index is 1.68. The zero-order valence-corrected chi connectivity index (χ0v) is 12.8. The van der Waals surface area contributed by atoms with Crippen molar-refractivity contribution in [3.63, 3.8) is 0 Å². The van der Waals surface area contributed by atoms with E-state index < -0.39 is 0 Å². The van der Waals surface area contributed by atoms with E-state index in [9.17, 15) is 4.79 Å². The predicted octanol–water partition coefficient (Wildman–Crippen LogP) is 3.13. The topological polar surface area (TPSA) is 82.7 Å². The Hall–Kier alpha value is -2.67. The number of rotatable bonds is 2. The lowest BCUT2D eigenvalue weighted by Gasteiger charge is -2.03. The van der Waals surface area contributed by atoms with Crippen molar-refractivity contribution in [2.45, 2.75) is 0 Å². The van der Waals surface area contributed by atoms with Gasteiger partial charge in [-0.05, 0) is 40.2 Å². The molecule has 3 heterocycles. The van der Waals surface area contributed by atoms with Gasteiger partial charge in [-0.3, -0.25) is 9.89 Å². The summed E-state index contributed by atoms with van der Waals surface area (Å²) in [6.07, 6.45) is 5.11. The molecule has 0 radical (unpaired) electrons. The van der Waals surface area contributed by atoms with E-state index >= 15 is 0 Å². The largest absolute Gasteiger partial charge is 0.361 e. The number of aromatic amines is 1. The van der Waals surface area contributed by atoms with Crippen LogP contribution in [0, 0.1) is 0 Å². The first-order valence-electron chi connectivity index (χ1n) is 6.58. The molecule has 108 valence electrons. The lowest BCUT2D eigenvalue weighted by molar-refractivity contribution is -0.110. The van der Waals surface area contributed by atoms with Crippen LogP contribution in [-0.4, -0.2) is 21.1 Å². The number of nitrogens with zero attached hydrogens (tertiary/aromatic N) is 2. The van der Waals surface area contributed by atoms with Crippen LogP contribution < -0.4 is 10.6 Å². The molecule has 3 aromatic rings. The number of carbonyl (C=O) groups is 1. The Morgan fingerprint density at radius 1 is 1.23 bits per heavy atom. The van der Waals surface area contributed by atoms with Crippen molar-refractivity contribution >= 4 is 49.8 Å². The van der Waals surface area contributed by atoms with Gasteiger partial charge in [0.25, 0.3) is 5.91 Å². The van der Waals surface area contributed by atoms with E-state index in [4.69, 9.17) is 0 Å². The summed E-state index contributed by atoms with van der Waals surface area (Å²) >= 11 is 3.37. The van der Waals surface area contributed by atoms with Gasteiger partial charge < -0.3 is 10.6 Å². The van der Waals surface area contributed by atoms with E-state index in [-0.39, 0.29) is 5.91 Å². The fourth-order valence-corrected chi connectivity index (χ4v) is 2.70. The Morgan fingerprint density at radius 2 is 2.14 bits per heavy atom. The standard InChI is InChI=1S/C15H10BrN5O/c16-9-3-11-12(15(22)20-14(11)18-6-9)7-17-10-2-1-8-5-19-21-13(8)4-10/h1-7,17H,(H,19,21)(H,18,20,22). The molecule has 1 amide bonds. The van der Waals surface area contributed by atoms with Crippen LogP contribution in [0.25, 0.3) is 16.5 Å². The summed E-state index contributed by atoms with van der Waals surface area (Å²) in [6, 6.07) is 7.69. The van der Waals surface area contributed by atoms with Gasteiger partial charge in [-0.25, -0.2) is 4.98 Å². The van der Waals surface area contributed by atoms with Crippen molar-refractivity contribution in [2.75, 3.05) is 10.6 Å². The van der Waals surface area contributed by atoms with E-state index in [0.717, 1.165) is 26.6 Å². The fraction of sp³-hybridized carbons (Fsp3) is 0. The van der Waals surface area contributed by atoms with Gasteiger partial charge >= 0.3 is 0 Å². The van der Waals surface area contributed by atoms with Crippen molar-refractivity contribution in [2.24, 2.45) is 0 Å². The van der Waals surface area contributed by atoms with Gasteiger partial charge in [-0.2, -0.15) is 5.10 Å². The first-order chi connectivity index (χ1) is 10.7. The van der Waals surface area contributed by atoms with Crippen LogP contribution >= 0.6 is 15.9 Å². The number of nitrogens with one attached hydrogen (secondary N) is 3. The number of carbonyl (C=O) groups excluding carboxylic acids is 1. The number of halogens is 1. The average Bonchev–Trinajstić information content (AvgIpc) is 3.08. The van der Waals surface area contributed by atoms with Crippen molar-refractivity contribution in [3.8, 4) is 0 Å². The molecule has 2 aromatic heterocycles. The van der Waals surface area contributed by atoms with E-state index in [1.54, 1.807) is 18.6 Å². The van der Waals surface area contributed by atoms with Crippen molar-refractivity contribution in [3.05, 3.63) is 52.9 Å². The normalized spacial score (nSPS) is 15.1. The summed E-state index contributed by atoms with van der Waals surface area (Å²) in [4.78, 5) is 16.2. The molecule has 0 atom stereocenters. The summed E-state index contributed by atoms with van der Waals surface area (Å²) < 4.78 is 0.826. The molecule has 0 bridgehead atoms. The average molecular weight is 356 g/mol. The minimum absolute atomic E-state index is 0.171. The summed E-state index contributed by atoms with van der Waals surface area (Å²) in [7, 11) is 0. The van der Waals surface area contributed by atoms with Gasteiger partial charge in [-0.1, -0.05) is 0 Å². The molecule has 0 saturated carbocycles. The second-order valence-electron chi connectivity index (χ2n) is 4.88. The molecule has 0 spiro atoms. The van der Waals surface area contributed by atoms with Crippen LogP contribution in [0.2, 0.25) is 0 Å². The summed E-state index contributed by atoms with van der Waals surface area (Å²) in [5, 5.41) is 13.8. The molecule has 1 aliphatic rings. The first-order valence-corrected chi connectivity index (χ1v) is 7.37. The molecule has 0 unspecified atom stereocenters. The molecule has 0 fully saturated rings. The Kier molecular flexibility index (Phi) is 2.93. The maximum Gasteiger partial charge on any atom is 0.259 e. The number of H-pyrrole nitrogens is 1. The van der Waals surface area contributed by atoms with Crippen LogP contribution in [0.5, 0.6) is 0 Å². The highest BCUT2D eigenvalue weighted by molar-refractivity contribution is 9.10. The first kappa shape index (κ1) is 13.0. The van der Waals surface area contributed by atoms with Crippen LogP contribution in [0.15, 0.2) is 47.3 Å². The van der Waals surface area contributed by atoms with Crippen molar-refractivity contribution in [1.29, 1.82) is 0 Å². The highest BCUT2D eigenvalue weighted by Crippen LogP contribution is 2.31. The van der Waals surface area contributed by atoms with Gasteiger partial charge in [0.05, 0.1) is 17.3 Å². The van der Waals surface area contributed by atoms with E-state index in [1.807, 2.05) is 24.3 Å². The number of pyridine rings is 1. The predicted molar refractivity (Wildman–Crippen MR) is 88.3 cm³/mol. The van der Waals surface area contributed by atoms with Crippen LogP contribution in [0.4, 0.5) is 11.5 Å². The zero-order valence-electron chi connectivity index (χ0n) is 11.2. The molecule has 0 saturated heterocycles. The highest BCUT2D eigenvalue weighted by atomic mass is 79.9. The molecular formula is C15H10BrN5O. The summed E-state index contributed by atoms with van der Waals surface area (Å²) in [5.74, 6) is 0.404. The molecule has 6 nitrogen and oxygen atoms in total. The number of hydrogen-bond acceptors (Lipinski definition) is 4. The lowest BCUT2D eigenvalue weighted by Crippen LogP contribution is -2.05. The number of fused-ring (bicyclic) bond motifs is 2. The third-order valence-corrected chi connectivity index (χ3v) is 3.88. The van der Waals surface area contributed by atoms with E-state index in [0.29, 0.717) is 11.4 Å². The quantitative estimate of drug-likeness (QED) is 0.616. The van der Waals surface area contributed by atoms with E-state index in [1.165, 1.54) is 0 Å². The lowest BCUT2D eigenvalue weighted by atomic mass is 10.1. The molecule has 0 aliphatic carbocycles. The van der Waals surface area contributed by atoms with Crippen molar-refractivity contribution < 1.29 is 4.79 Å².